The molecule has 0 aromatic heterocycles. The summed E-state index contributed by atoms with van der Waals surface area (Å²) in [6, 6.07) is 21.7. The van der Waals surface area contributed by atoms with Crippen LogP contribution in [0, 0.1) is 6.92 Å². The maximum atomic E-state index is 13.0. The van der Waals surface area contributed by atoms with Crippen LogP contribution in [0.4, 0.5) is 11.4 Å². The average molecular weight is 495 g/mol. The quantitative estimate of drug-likeness (QED) is 0.480. The minimum Gasteiger partial charge on any atom is -0.322 e. The Labute approximate surface area is 193 Å². The minimum absolute atomic E-state index is 0.0908. The van der Waals surface area contributed by atoms with E-state index in [1.54, 1.807) is 42.5 Å². The van der Waals surface area contributed by atoms with Crippen LogP contribution >= 0.6 is 27.7 Å². The van der Waals surface area contributed by atoms with Crippen molar-refractivity contribution in [2.24, 2.45) is 0 Å². The summed E-state index contributed by atoms with van der Waals surface area (Å²) in [7, 11) is 0. The van der Waals surface area contributed by atoms with Gasteiger partial charge in [-0.05, 0) is 55.5 Å². The topological polar surface area (TPSA) is 66.5 Å². The first-order valence-electron chi connectivity index (χ1n) is 9.68. The fraction of sp³-hybridized carbons (Fsp3) is 0.125. The van der Waals surface area contributed by atoms with Gasteiger partial charge in [-0.25, -0.2) is 4.90 Å². The fourth-order valence-corrected chi connectivity index (χ4v) is 4.75. The number of anilines is 2. The summed E-state index contributed by atoms with van der Waals surface area (Å²) in [5.74, 6) is -0.772. The second-order valence-corrected chi connectivity index (χ2v) is 9.33. The number of aryl methyl sites for hydroxylation is 1. The number of amides is 3. The van der Waals surface area contributed by atoms with Crippen molar-refractivity contribution in [1.29, 1.82) is 0 Å². The van der Waals surface area contributed by atoms with Crippen LogP contribution in [0.1, 0.15) is 22.3 Å². The first-order valence-corrected chi connectivity index (χ1v) is 11.4. The van der Waals surface area contributed by atoms with Gasteiger partial charge in [0.15, 0.2) is 0 Å². The number of hydrogen-bond donors (Lipinski definition) is 1. The number of nitrogens with one attached hydrogen (secondary N) is 1. The van der Waals surface area contributed by atoms with E-state index in [0.29, 0.717) is 21.8 Å². The molecule has 3 aromatic carbocycles. The molecule has 0 bridgehead atoms. The Morgan fingerprint density at radius 3 is 2.39 bits per heavy atom. The molecule has 1 heterocycles. The summed E-state index contributed by atoms with van der Waals surface area (Å²) >= 11 is 4.61. The largest absolute Gasteiger partial charge is 0.322 e. The number of carbonyl (C=O) groups is 3. The Balaban J connectivity index is 1.53. The zero-order chi connectivity index (χ0) is 22.0. The Hall–Kier alpha value is -2.90. The van der Waals surface area contributed by atoms with Gasteiger partial charge >= 0.3 is 0 Å². The van der Waals surface area contributed by atoms with Gasteiger partial charge in [-0.1, -0.05) is 45.8 Å². The maximum absolute atomic E-state index is 13.0. The number of rotatable bonds is 5. The molecule has 1 fully saturated rings. The van der Waals surface area contributed by atoms with Gasteiger partial charge in [-0.2, -0.15) is 0 Å². The third kappa shape index (κ3) is 4.73. The monoisotopic (exact) mass is 494 g/mol. The molecule has 156 valence electrons. The van der Waals surface area contributed by atoms with Crippen LogP contribution in [0.15, 0.2) is 82.2 Å². The van der Waals surface area contributed by atoms with Crippen LogP contribution in [-0.4, -0.2) is 23.0 Å². The number of hydrogen-bond acceptors (Lipinski definition) is 4. The lowest BCUT2D eigenvalue weighted by Gasteiger charge is -2.16. The average Bonchev–Trinajstić information content (AvgIpc) is 3.04. The van der Waals surface area contributed by atoms with Gasteiger partial charge in [0.25, 0.3) is 5.91 Å². The van der Waals surface area contributed by atoms with Crippen molar-refractivity contribution in [2.75, 3.05) is 10.2 Å². The number of halogens is 1. The lowest BCUT2D eigenvalue weighted by atomic mass is 10.2. The Morgan fingerprint density at radius 1 is 1.00 bits per heavy atom. The lowest BCUT2D eigenvalue weighted by molar-refractivity contribution is -0.121. The summed E-state index contributed by atoms with van der Waals surface area (Å²) in [6.07, 6.45) is 0.0908. The van der Waals surface area contributed by atoms with Gasteiger partial charge in [0.1, 0.15) is 0 Å². The highest BCUT2D eigenvalue weighted by atomic mass is 79.9. The molecule has 1 aliphatic rings. The van der Waals surface area contributed by atoms with Gasteiger partial charge < -0.3 is 5.32 Å². The number of benzene rings is 3. The van der Waals surface area contributed by atoms with E-state index in [-0.39, 0.29) is 24.1 Å². The SMILES string of the molecule is Cc1ccc(NC(=O)c2ccccc2SC2CC(=O)N(c3ccc(Br)cc3)C2=O)cc1. The number of imide groups is 1. The van der Waals surface area contributed by atoms with Crippen molar-refractivity contribution < 1.29 is 14.4 Å². The Bertz CT molecular complexity index is 1150. The first-order chi connectivity index (χ1) is 14.9. The standard InChI is InChI=1S/C24H19BrN2O3S/c1-15-6-10-17(11-7-15)26-23(29)19-4-2-3-5-20(19)31-21-14-22(28)27(24(21)30)18-12-8-16(25)9-13-18/h2-13,21H,14H2,1H3,(H,26,29). The van der Waals surface area contributed by atoms with E-state index in [2.05, 4.69) is 21.2 Å². The highest BCUT2D eigenvalue weighted by Crippen LogP contribution is 2.36. The van der Waals surface area contributed by atoms with E-state index in [1.807, 2.05) is 37.3 Å². The fourth-order valence-electron chi connectivity index (χ4n) is 3.30. The highest BCUT2D eigenvalue weighted by molar-refractivity contribution is 9.10. The van der Waals surface area contributed by atoms with E-state index in [4.69, 9.17) is 0 Å². The van der Waals surface area contributed by atoms with Crippen molar-refractivity contribution in [3.05, 3.63) is 88.4 Å². The molecule has 0 aliphatic carbocycles. The zero-order valence-electron chi connectivity index (χ0n) is 16.7. The molecular weight excluding hydrogens is 476 g/mol. The van der Waals surface area contributed by atoms with Crippen LogP contribution < -0.4 is 10.2 Å². The molecule has 3 aromatic rings. The van der Waals surface area contributed by atoms with Crippen molar-refractivity contribution in [2.45, 2.75) is 23.5 Å². The second kappa shape index (κ2) is 9.08. The molecule has 0 spiro atoms. The molecule has 7 heteroatoms. The highest BCUT2D eigenvalue weighted by Gasteiger charge is 2.40. The van der Waals surface area contributed by atoms with Crippen molar-refractivity contribution in [3.8, 4) is 0 Å². The second-order valence-electron chi connectivity index (χ2n) is 7.17. The third-order valence-corrected chi connectivity index (χ3v) is 6.69. The lowest BCUT2D eigenvalue weighted by Crippen LogP contribution is -2.31. The maximum Gasteiger partial charge on any atom is 0.256 e. The van der Waals surface area contributed by atoms with E-state index in [1.165, 1.54) is 16.7 Å². The molecule has 0 radical (unpaired) electrons. The first kappa shape index (κ1) is 21.3. The van der Waals surface area contributed by atoms with E-state index in [9.17, 15) is 14.4 Å². The predicted molar refractivity (Wildman–Crippen MR) is 126 cm³/mol. The molecule has 1 unspecified atom stereocenters. The Morgan fingerprint density at radius 2 is 1.68 bits per heavy atom. The van der Waals surface area contributed by atoms with E-state index in [0.717, 1.165) is 10.0 Å². The van der Waals surface area contributed by atoms with Gasteiger partial charge in [0.05, 0.1) is 16.5 Å². The molecule has 1 atom stereocenters. The molecule has 0 saturated carbocycles. The van der Waals surface area contributed by atoms with Crippen LogP contribution in [0.3, 0.4) is 0 Å². The number of thioether (sulfide) groups is 1. The van der Waals surface area contributed by atoms with Crippen LogP contribution in [0.5, 0.6) is 0 Å². The van der Waals surface area contributed by atoms with E-state index >= 15 is 0 Å². The number of nitrogens with zero attached hydrogens (tertiary/aromatic N) is 1. The zero-order valence-corrected chi connectivity index (χ0v) is 19.1. The molecule has 1 aliphatic heterocycles. The molecule has 1 N–H and O–H groups in total. The smallest absolute Gasteiger partial charge is 0.256 e. The van der Waals surface area contributed by atoms with Crippen molar-refractivity contribution >= 4 is 56.8 Å². The molecule has 4 rings (SSSR count). The summed E-state index contributed by atoms with van der Waals surface area (Å²) in [6.45, 7) is 1.98. The van der Waals surface area contributed by atoms with Crippen LogP contribution in [-0.2, 0) is 9.59 Å². The van der Waals surface area contributed by atoms with Gasteiger partial charge in [0, 0.05) is 21.5 Å². The molecule has 3 amide bonds. The predicted octanol–water partition coefficient (Wildman–Crippen LogP) is 5.43. The van der Waals surface area contributed by atoms with Crippen LogP contribution in [0.25, 0.3) is 0 Å². The Kier molecular flexibility index (Phi) is 6.25. The number of carbonyl (C=O) groups excluding carboxylic acids is 3. The molecule has 5 nitrogen and oxygen atoms in total. The summed E-state index contributed by atoms with van der Waals surface area (Å²) in [5.41, 5.74) is 2.82. The molecule has 1 saturated heterocycles. The van der Waals surface area contributed by atoms with Crippen molar-refractivity contribution in [3.63, 3.8) is 0 Å². The van der Waals surface area contributed by atoms with Gasteiger partial charge in [-0.15, -0.1) is 11.8 Å². The summed E-state index contributed by atoms with van der Waals surface area (Å²) in [5, 5.41) is 2.31. The van der Waals surface area contributed by atoms with Crippen LogP contribution in [0.2, 0.25) is 0 Å². The summed E-state index contributed by atoms with van der Waals surface area (Å²) < 4.78 is 0.870. The third-order valence-electron chi connectivity index (χ3n) is 4.90. The molecular formula is C24H19BrN2O3S. The molecule has 31 heavy (non-hydrogen) atoms. The van der Waals surface area contributed by atoms with Gasteiger partial charge in [-0.3, -0.25) is 14.4 Å². The van der Waals surface area contributed by atoms with Crippen molar-refractivity contribution in [1.82, 2.24) is 0 Å². The van der Waals surface area contributed by atoms with Gasteiger partial charge in [0.2, 0.25) is 11.8 Å². The normalized spacial score (nSPS) is 15.9. The summed E-state index contributed by atoms with van der Waals surface area (Å²) in [4.78, 5) is 40.3. The van der Waals surface area contributed by atoms with E-state index < -0.39 is 5.25 Å². The minimum atomic E-state index is -0.579.